The van der Waals surface area contributed by atoms with Crippen LogP contribution in [0.3, 0.4) is 0 Å². The molecule has 0 bridgehead atoms. The summed E-state index contributed by atoms with van der Waals surface area (Å²) < 4.78 is 5.61. The lowest BCUT2D eigenvalue weighted by atomic mass is 10.1. The van der Waals surface area contributed by atoms with E-state index < -0.39 is 17.9 Å². The minimum Gasteiger partial charge on any atom is -0.483 e. The molecule has 0 fully saturated rings. The van der Waals surface area contributed by atoms with E-state index in [0.717, 1.165) is 11.1 Å². The zero-order valence-electron chi connectivity index (χ0n) is 13.6. The van der Waals surface area contributed by atoms with E-state index in [-0.39, 0.29) is 6.61 Å². The van der Waals surface area contributed by atoms with Gasteiger partial charge in [-0.25, -0.2) is 4.79 Å². The van der Waals surface area contributed by atoms with Crippen molar-refractivity contribution >= 4 is 11.9 Å². The summed E-state index contributed by atoms with van der Waals surface area (Å²) in [7, 11) is 0. The summed E-state index contributed by atoms with van der Waals surface area (Å²) >= 11 is 0. The van der Waals surface area contributed by atoms with Gasteiger partial charge in [0.25, 0.3) is 5.91 Å². The number of hydrogen-bond donors (Lipinski definition) is 2. The number of amides is 1. The van der Waals surface area contributed by atoms with Crippen molar-refractivity contribution in [2.75, 3.05) is 6.61 Å². The highest BCUT2D eigenvalue weighted by atomic mass is 16.5. The normalized spacial score (nSPS) is 11.5. The number of para-hydroxylation sites is 1. The van der Waals surface area contributed by atoms with E-state index >= 15 is 0 Å². The highest BCUT2D eigenvalue weighted by molar-refractivity contribution is 5.84. The summed E-state index contributed by atoms with van der Waals surface area (Å²) in [6.45, 7) is 1.64. The van der Waals surface area contributed by atoms with Crippen molar-refractivity contribution < 1.29 is 19.4 Å². The lowest BCUT2D eigenvalue weighted by Gasteiger charge is -2.15. The third kappa shape index (κ3) is 4.84. The van der Waals surface area contributed by atoms with E-state index in [9.17, 15) is 9.59 Å². The van der Waals surface area contributed by atoms with Crippen LogP contribution in [0.15, 0.2) is 54.6 Å². The zero-order chi connectivity index (χ0) is 17.4. The van der Waals surface area contributed by atoms with Gasteiger partial charge in [-0.05, 0) is 18.1 Å². The third-order valence-electron chi connectivity index (χ3n) is 3.54. The topological polar surface area (TPSA) is 75.6 Å². The maximum Gasteiger partial charge on any atom is 0.326 e. The van der Waals surface area contributed by atoms with Gasteiger partial charge in [0, 0.05) is 5.56 Å². The second-order valence-electron chi connectivity index (χ2n) is 5.40. The summed E-state index contributed by atoms with van der Waals surface area (Å²) in [5.74, 6) is -0.894. The van der Waals surface area contributed by atoms with Gasteiger partial charge in [-0.2, -0.15) is 0 Å². The molecule has 2 N–H and O–H groups in total. The number of benzene rings is 2. The highest BCUT2D eigenvalue weighted by Crippen LogP contribution is 2.29. The molecule has 0 aliphatic carbocycles. The minimum atomic E-state index is -1.03. The molecule has 0 aliphatic rings. The molecule has 0 radical (unpaired) electrons. The molecule has 1 unspecified atom stereocenters. The van der Waals surface area contributed by atoms with Crippen LogP contribution in [0.1, 0.15) is 19.8 Å². The Morgan fingerprint density at radius 1 is 1.08 bits per heavy atom. The van der Waals surface area contributed by atoms with Gasteiger partial charge in [-0.1, -0.05) is 61.9 Å². The fraction of sp³-hybridized carbons (Fsp3) is 0.263. The Morgan fingerprint density at radius 3 is 2.42 bits per heavy atom. The summed E-state index contributed by atoms with van der Waals surface area (Å²) in [5.41, 5.74) is 1.87. The van der Waals surface area contributed by atoms with Crippen LogP contribution in [0.25, 0.3) is 11.1 Å². The zero-order valence-corrected chi connectivity index (χ0v) is 13.6. The predicted molar refractivity (Wildman–Crippen MR) is 91.8 cm³/mol. The van der Waals surface area contributed by atoms with Crippen molar-refractivity contribution in [1.29, 1.82) is 0 Å². The Kier molecular flexibility index (Phi) is 6.37. The molecular weight excluding hydrogens is 306 g/mol. The molecule has 0 spiro atoms. The molecule has 24 heavy (non-hydrogen) atoms. The standard InChI is InChI=1S/C19H21NO4/c1-2-8-16(19(22)23)20-18(21)13-24-17-12-7-6-11-15(17)14-9-4-3-5-10-14/h3-7,9-12,16H,2,8,13H2,1H3,(H,20,21)(H,22,23). The Morgan fingerprint density at radius 2 is 1.75 bits per heavy atom. The number of carboxylic acid groups (broad SMARTS) is 1. The molecule has 126 valence electrons. The number of nitrogens with one attached hydrogen (secondary N) is 1. The number of carbonyl (C=O) groups excluding carboxylic acids is 1. The molecule has 5 heteroatoms. The number of ether oxygens (including phenoxy) is 1. The molecule has 2 aromatic rings. The molecule has 1 amide bonds. The average Bonchev–Trinajstić information content (AvgIpc) is 2.60. The molecule has 0 aromatic heterocycles. The molecule has 0 saturated carbocycles. The van der Waals surface area contributed by atoms with E-state index in [2.05, 4.69) is 5.32 Å². The van der Waals surface area contributed by atoms with Gasteiger partial charge in [0.15, 0.2) is 6.61 Å². The summed E-state index contributed by atoms with van der Waals surface area (Å²) in [4.78, 5) is 23.0. The van der Waals surface area contributed by atoms with Crippen molar-refractivity contribution in [3.05, 3.63) is 54.6 Å². The van der Waals surface area contributed by atoms with Gasteiger partial charge in [0.05, 0.1) is 0 Å². The van der Waals surface area contributed by atoms with E-state index in [1.165, 1.54) is 0 Å². The average molecular weight is 327 g/mol. The number of aliphatic carboxylic acids is 1. The molecule has 5 nitrogen and oxygen atoms in total. The molecule has 0 aliphatic heterocycles. The Balaban J connectivity index is 2.02. The van der Waals surface area contributed by atoms with Crippen LogP contribution in [0.4, 0.5) is 0 Å². The van der Waals surface area contributed by atoms with Crippen LogP contribution in [0, 0.1) is 0 Å². The smallest absolute Gasteiger partial charge is 0.326 e. The third-order valence-corrected chi connectivity index (χ3v) is 3.54. The minimum absolute atomic E-state index is 0.225. The van der Waals surface area contributed by atoms with Crippen LogP contribution < -0.4 is 10.1 Å². The number of carboxylic acids is 1. The van der Waals surface area contributed by atoms with Gasteiger partial charge in [0.2, 0.25) is 0 Å². The lowest BCUT2D eigenvalue weighted by molar-refractivity contribution is -0.142. The first-order chi connectivity index (χ1) is 11.6. The van der Waals surface area contributed by atoms with Crippen molar-refractivity contribution in [2.45, 2.75) is 25.8 Å². The summed E-state index contributed by atoms with van der Waals surface area (Å²) in [5, 5.41) is 11.6. The fourth-order valence-corrected chi connectivity index (χ4v) is 2.37. The first-order valence-corrected chi connectivity index (χ1v) is 7.91. The molecule has 0 saturated heterocycles. The van der Waals surface area contributed by atoms with Gasteiger partial charge >= 0.3 is 5.97 Å². The van der Waals surface area contributed by atoms with E-state index in [1.807, 2.05) is 55.5 Å². The Hall–Kier alpha value is -2.82. The molecule has 1 atom stereocenters. The number of rotatable bonds is 8. The van der Waals surface area contributed by atoms with Crippen LogP contribution in [0.5, 0.6) is 5.75 Å². The van der Waals surface area contributed by atoms with E-state index in [1.54, 1.807) is 6.07 Å². The monoisotopic (exact) mass is 327 g/mol. The van der Waals surface area contributed by atoms with Crippen LogP contribution in [0.2, 0.25) is 0 Å². The molecular formula is C19H21NO4. The van der Waals surface area contributed by atoms with Crippen LogP contribution in [-0.2, 0) is 9.59 Å². The van der Waals surface area contributed by atoms with Crippen molar-refractivity contribution in [2.24, 2.45) is 0 Å². The molecule has 0 heterocycles. The maximum absolute atomic E-state index is 12.0. The Bertz CT molecular complexity index is 685. The van der Waals surface area contributed by atoms with Crippen LogP contribution >= 0.6 is 0 Å². The van der Waals surface area contributed by atoms with E-state index in [4.69, 9.17) is 9.84 Å². The molecule has 2 aromatic carbocycles. The highest BCUT2D eigenvalue weighted by Gasteiger charge is 2.19. The van der Waals surface area contributed by atoms with Crippen LogP contribution in [-0.4, -0.2) is 29.6 Å². The van der Waals surface area contributed by atoms with Gasteiger partial charge in [0.1, 0.15) is 11.8 Å². The quantitative estimate of drug-likeness (QED) is 0.781. The number of hydrogen-bond acceptors (Lipinski definition) is 3. The van der Waals surface area contributed by atoms with Gasteiger partial charge < -0.3 is 15.2 Å². The molecule has 2 rings (SSSR count). The summed E-state index contributed by atoms with van der Waals surface area (Å²) in [6, 6.07) is 16.3. The lowest BCUT2D eigenvalue weighted by Crippen LogP contribution is -2.42. The SMILES string of the molecule is CCCC(NC(=O)COc1ccccc1-c1ccccc1)C(=O)O. The van der Waals surface area contributed by atoms with Gasteiger partial charge in [-0.3, -0.25) is 4.79 Å². The van der Waals surface area contributed by atoms with Crippen molar-refractivity contribution in [3.63, 3.8) is 0 Å². The number of carbonyl (C=O) groups is 2. The van der Waals surface area contributed by atoms with E-state index in [0.29, 0.717) is 18.6 Å². The summed E-state index contributed by atoms with van der Waals surface area (Å²) in [6.07, 6.45) is 1.07. The fourth-order valence-electron chi connectivity index (χ4n) is 2.37. The second-order valence-corrected chi connectivity index (χ2v) is 5.40. The first-order valence-electron chi connectivity index (χ1n) is 7.91. The van der Waals surface area contributed by atoms with Crippen molar-refractivity contribution in [3.8, 4) is 16.9 Å². The second kappa shape index (κ2) is 8.72. The predicted octanol–water partition coefficient (Wildman–Crippen LogP) is 3.10. The maximum atomic E-state index is 12.0. The van der Waals surface area contributed by atoms with Crippen molar-refractivity contribution in [1.82, 2.24) is 5.32 Å². The first kappa shape index (κ1) is 17.5. The Labute approximate surface area is 141 Å². The van der Waals surface area contributed by atoms with Gasteiger partial charge in [-0.15, -0.1) is 0 Å². The largest absolute Gasteiger partial charge is 0.483 e.